The number of benzene rings is 6. The van der Waals surface area contributed by atoms with Crippen LogP contribution in [0.3, 0.4) is 0 Å². The van der Waals surface area contributed by atoms with Crippen LogP contribution in [-0.2, 0) is 0 Å². The molecule has 0 aliphatic carbocycles. The van der Waals surface area contributed by atoms with Crippen LogP contribution >= 0.6 is 0 Å². The van der Waals surface area contributed by atoms with Gasteiger partial charge in [0.15, 0.2) is 28.9 Å². The minimum atomic E-state index is 0.538. The van der Waals surface area contributed by atoms with Gasteiger partial charge in [0.25, 0.3) is 0 Å². The van der Waals surface area contributed by atoms with Crippen LogP contribution < -0.4 is 0 Å². The minimum Gasteiger partial charge on any atom is -0.452 e. The molecule has 0 spiro atoms. The Bertz CT molecular complexity index is 2650. The smallest absolute Gasteiger partial charge is 0.180 e. The zero-order valence-corrected chi connectivity index (χ0v) is 30.1. The Labute approximate surface area is 308 Å². The molecule has 0 fully saturated rings. The molecule has 0 aliphatic rings. The predicted octanol–water partition coefficient (Wildman–Crippen LogP) is 12.2. The van der Waals surface area contributed by atoms with E-state index in [0.29, 0.717) is 40.0 Å². The summed E-state index contributed by atoms with van der Waals surface area (Å²) in [6, 6.07) is 51.0. The highest BCUT2D eigenvalue weighted by Gasteiger charge is 2.23. The second-order valence-electron chi connectivity index (χ2n) is 12.6. The Kier molecular flexibility index (Phi) is 9.09. The van der Waals surface area contributed by atoms with Crippen LogP contribution in [0.4, 0.5) is 0 Å². The number of fused-ring (bicyclic) bond motifs is 3. The molecular formula is C47H37N5O. The number of furan rings is 1. The molecule has 9 aromatic rings. The molecule has 6 aromatic carbocycles. The third-order valence-electron chi connectivity index (χ3n) is 9.25. The van der Waals surface area contributed by atoms with Gasteiger partial charge in [0.05, 0.1) is 5.39 Å². The maximum absolute atomic E-state index is 6.64. The van der Waals surface area contributed by atoms with E-state index in [2.05, 4.69) is 68.4 Å². The summed E-state index contributed by atoms with van der Waals surface area (Å²) in [5, 5.41) is 0.825. The van der Waals surface area contributed by atoms with Gasteiger partial charge >= 0.3 is 0 Å². The van der Waals surface area contributed by atoms with E-state index in [0.717, 1.165) is 44.5 Å². The van der Waals surface area contributed by atoms with Crippen LogP contribution in [0.15, 0.2) is 156 Å². The Hall–Kier alpha value is -6.79. The minimum absolute atomic E-state index is 0.538. The zero-order chi connectivity index (χ0) is 36.3. The molecule has 0 atom stereocenters. The Balaban J connectivity index is 0.00000197. The van der Waals surface area contributed by atoms with Gasteiger partial charge in [-0.25, -0.2) is 24.9 Å². The first kappa shape index (κ1) is 33.4. The second kappa shape index (κ2) is 14.4. The van der Waals surface area contributed by atoms with Gasteiger partial charge in [-0.3, -0.25) is 0 Å². The van der Waals surface area contributed by atoms with Crippen LogP contribution in [-0.4, -0.2) is 24.9 Å². The van der Waals surface area contributed by atoms with Crippen molar-refractivity contribution in [2.45, 2.75) is 27.7 Å². The summed E-state index contributed by atoms with van der Waals surface area (Å²) < 4.78 is 6.64. The van der Waals surface area contributed by atoms with E-state index in [1.165, 1.54) is 16.7 Å². The van der Waals surface area contributed by atoms with Gasteiger partial charge in [-0.1, -0.05) is 153 Å². The number of nitrogens with zero attached hydrogens (tertiary/aromatic N) is 5. The largest absolute Gasteiger partial charge is 0.452 e. The number of hydrogen-bond donors (Lipinski definition) is 0. The molecular weight excluding hydrogens is 651 g/mol. The molecule has 256 valence electrons. The van der Waals surface area contributed by atoms with Gasteiger partial charge in [0.2, 0.25) is 0 Å². The molecule has 0 amide bonds. The van der Waals surface area contributed by atoms with Crippen LogP contribution in [0, 0.1) is 13.8 Å². The first-order valence-corrected chi connectivity index (χ1v) is 17.9. The summed E-state index contributed by atoms with van der Waals surface area (Å²) in [4.78, 5) is 25.4. The predicted molar refractivity (Wildman–Crippen MR) is 216 cm³/mol. The topological polar surface area (TPSA) is 77.6 Å². The highest BCUT2D eigenvalue weighted by molar-refractivity contribution is 6.13. The lowest BCUT2D eigenvalue weighted by molar-refractivity contribution is 0.667. The number of aryl methyl sites for hydroxylation is 2. The fourth-order valence-corrected chi connectivity index (χ4v) is 6.70. The summed E-state index contributed by atoms with van der Waals surface area (Å²) in [5.74, 6) is 2.34. The Morgan fingerprint density at radius 3 is 1.55 bits per heavy atom. The highest BCUT2D eigenvalue weighted by atomic mass is 16.3. The van der Waals surface area contributed by atoms with Gasteiger partial charge in [-0.15, -0.1) is 0 Å². The summed E-state index contributed by atoms with van der Waals surface area (Å²) in [7, 11) is 0. The summed E-state index contributed by atoms with van der Waals surface area (Å²) in [5.41, 5.74) is 12.0. The molecule has 0 N–H and O–H groups in total. The first-order chi connectivity index (χ1) is 26.1. The molecule has 9 rings (SSSR count). The Morgan fingerprint density at radius 1 is 0.396 bits per heavy atom. The summed E-state index contributed by atoms with van der Waals surface area (Å²) in [6.45, 7) is 8.29. The van der Waals surface area contributed by atoms with Crippen molar-refractivity contribution in [2.75, 3.05) is 0 Å². The lowest BCUT2D eigenvalue weighted by Crippen LogP contribution is -2.00. The van der Waals surface area contributed by atoms with Gasteiger partial charge in [0, 0.05) is 27.8 Å². The summed E-state index contributed by atoms with van der Waals surface area (Å²) >= 11 is 0. The Morgan fingerprint density at radius 2 is 0.925 bits per heavy atom. The maximum atomic E-state index is 6.64. The average Bonchev–Trinajstić information content (AvgIpc) is 3.61. The third-order valence-corrected chi connectivity index (χ3v) is 9.25. The lowest BCUT2D eigenvalue weighted by Gasteiger charge is -2.12. The number of aromatic nitrogens is 5. The van der Waals surface area contributed by atoms with E-state index in [9.17, 15) is 0 Å². The quantitative estimate of drug-likeness (QED) is 0.173. The van der Waals surface area contributed by atoms with Gasteiger partial charge < -0.3 is 4.42 Å². The normalized spacial score (nSPS) is 11.0. The van der Waals surface area contributed by atoms with Crippen molar-refractivity contribution in [1.29, 1.82) is 0 Å². The van der Waals surface area contributed by atoms with Crippen LogP contribution in [0.2, 0.25) is 0 Å². The van der Waals surface area contributed by atoms with E-state index in [-0.39, 0.29) is 0 Å². The molecule has 0 saturated carbocycles. The van der Waals surface area contributed by atoms with Crippen molar-refractivity contribution in [1.82, 2.24) is 24.9 Å². The molecule has 0 radical (unpaired) electrons. The molecule has 0 unspecified atom stereocenters. The van der Waals surface area contributed by atoms with Gasteiger partial charge in [-0.2, -0.15) is 0 Å². The van der Waals surface area contributed by atoms with Crippen molar-refractivity contribution >= 4 is 22.1 Å². The zero-order valence-electron chi connectivity index (χ0n) is 30.1. The van der Waals surface area contributed by atoms with Crippen molar-refractivity contribution < 1.29 is 4.42 Å². The third kappa shape index (κ3) is 6.36. The SMILES string of the molecule is CC.Cc1ccccc1-c1ccc(-c2nc(-c3ccccc3)c3oc4cccc(-c5nc(-c6ccccc6)nc(-c6ccccc6)n5)c4c3n2)cc1C. The lowest BCUT2D eigenvalue weighted by atomic mass is 9.95. The fourth-order valence-electron chi connectivity index (χ4n) is 6.70. The molecule has 53 heavy (non-hydrogen) atoms. The maximum Gasteiger partial charge on any atom is 0.180 e. The summed E-state index contributed by atoms with van der Waals surface area (Å²) in [6.07, 6.45) is 0. The molecule has 0 aliphatic heterocycles. The van der Waals surface area contributed by atoms with E-state index < -0.39 is 0 Å². The molecule has 3 aromatic heterocycles. The van der Waals surface area contributed by atoms with Crippen molar-refractivity contribution in [2.24, 2.45) is 0 Å². The van der Waals surface area contributed by atoms with Crippen molar-refractivity contribution in [3.05, 3.63) is 163 Å². The van der Waals surface area contributed by atoms with E-state index >= 15 is 0 Å². The van der Waals surface area contributed by atoms with Crippen LogP contribution in [0.5, 0.6) is 0 Å². The average molecular weight is 688 g/mol. The van der Waals surface area contributed by atoms with Gasteiger partial charge in [-0.05, 0) is 48.2 Å². The highest BCUT2D eigenvalue weighted by Crippen LogP contribution is 2.40. The first-order valence-electron chi connectivity index (χ1n) is 17.9. The van der Waals surface area contributed by atoms with E-state index in [1.54, 1.807) is 0 Å². The molecule has 0 bridgehead atoms. The van der Waals surface area contributed by atoms with E-state index in [4.69, 9.17) is 29.3 Å². The number of hydrogen-bond acceptors (Lipinski definition) is 6. The van der Waals surface area contributed by atoms with E-state index in [1.807, 2.05) is 111 Å². The molecule has 3 heterocycles. The molecule has 6 nitrogen and oxygen atoms in total. The second-order valence-corrected chi connectivity index (χ2v) is 12.6. The monoisotopic (exact) mass is 687 g/mol. The molecule has 0 saturated heterocycles. The van der Waals surface area contributed by atoms with Crippen LogP contribution in [0.1, 0.15) is 25.0 Å². The standard InChI is InChI=1S/C45H31N5O.C2H6/c1-28-15-12-13-22-34(28)35-26-25-33(27-29(35)2)44-46-39(30-16-6-3-7-17-30)41-40(47-44)38-36(23-14-24-37(38)51-41)45-49-42(31-18-8-4-9-19-31)48-43(50-45)32-20-10-5-11-21-32;1-2/h3-27H,1-2H3;1-2H3. The van der Waals surface area contributed by atoms with Crippen molar-refractivity contribution in [3.63, 3.8) is 0 Å². The van der Waals surface area contributed by atoms with Crippen molar-refractivity contribution in [3.8, 4) is 67.9 Å². The fraction of sp³-hybridized carbons (Fsp3) is 0.0851. The van der Waals surface area contributed by atoms with Crippen LogP contribution in [0.25, 0.3) is 90.0 Å². The molecule has 6 heteroatoms. The van der Waals surface area contributed by atoms with Gasteiger partial charge in [0.1, 0.15) is 16.8 Å². The number of rotatable bonds is 6.